The maximum absolute atomic E-state index is 12.5. The molecule has 0 unspecified atom stereocenters. The van der Waals surface area contributed by atoms with Gasteiger partial charge in [0.1, 0.15) is 0 Å². The van der Waals surface area contributed by atoms with Gasteiger partial charge in [0.2, 0.25) is 0 Å². The first kappa shape index (κ1) is 11.5. The highest BCUT2D eigenvalue weighted by Crippen LogP contribution is 2.32. The van der Waals surface area contributed by atoms with Gasteiger partial charge in [-0.25, -0.2) is 0 Å². The first-order valence-electron chi connectivity index (χ1n) is 4.26. The van der Waals surface area contributed by atoms with Gasteiger partial charge in [-0.3, -0.25) is 4.79 Å². The summed E-state index contributed by atoms with van der Waals surface area (Å²) in [5.41, 5.74) is -0.734. The third-order valence-electron chi connectivity index (χ3n) is 1.76. The second kappa shape index (κ2) is 4.29. The summed E-state index contributed by atoms with van der Waals surface area (Å²) < 4.78 is 37.4. The third-order valence-corrected chi connectivity index (χ3v) is 1.76. The molecule has 0 heterocycles. The standard InChI is InChI=1S/C11H9F3O/c1-8(15)6-7-9-4-2-3-5-10(9)11(12,13)14/h2-7H,1H3/b7-6+. The summed E-state index contributed by atoms with van der Waals surface area (Å²) >= 11 is 0. The maximum Gasteiger partial charge on any atom is 0.416 e. The quantitative estimate of drug-likeness (QED) is 0.690. The van der Waals surface area contributed by atoms with Crippen LogP contribution in [0.3, 0.4) is 0 Å². The number of hydrogen-bond acceptors (Lipinski definition) is 1. The third kappa shape index (κ3) is 3.23. The van der Waals surface area contributed by atoms with Gasteiger partial charge in [-0.1, -0.05) is 24.3 Å². The number of carbonyl (C=O) groups excluding carboxylic acids is 1. The van der Waals surface area contributed by atoms with E-state index in [4.69, 9.17) is 0 Å². The van der Waals surface area contributed by atoms with E-state index >= 15 is 0 Å². The summed E-state index contributed by atoms with van der Waals surface area (Å²) in [5, 5.41) is 0. The summed E-state index contributed by atoms with van der Waals surface area (Å²) in [5.74, 6) is -0.285. The Kier molecular flexibility index (Phi) is 3.29. The molecule has 80 valence electrons. The molecule has 15 heavy (non-hydrogen) atoms. The van der Waals surface area contributed by atoms with Gasteiger partial charge >= 0.3 is 6.18 Å². The molecule has 0 saturated heterocycles. The number of hydrogen-bond donors (Lipinski definition) is 0. The van der Waals surface area contributed by atoms with E-state index in [1.165, 1.54) is 31.2 Å². The molecule has 0 aliphatic heterocycles. The molecule has 1 aromatic rings. The average molecular weight is 214 g/mol. The van der Waals surface area contributed by atoms with Crippen molar-refractivity contribution >= 4 is 11.9 Å². The minimum absolute atomic E-state index is 0.000185. The van der Waals surface area contributed by atoms with E-state index in [1.54, 1.807) is 0 Å². The fourth-order valence-corrected chi connectivity index (χ4v) is 1.11. The molecule has 1 aromatic carbocycles. The van der Waals surface area contributed by atoms with Crippen LogP contribution in [0.4, 0.5) is 13.2 Å². The molecular weight excluding hydrogens is 205 g/mol. The highest BCUT2D eigenvalue weighted by atomic mass is 19.4. The summed E-state index contributed by atoms with van der Waals surface area (Å²) in [7, 11) is 0. The molecule has 1 nitrogen and oxygen atoms in total. The zero-order valence-electron chi connectivity index (χ0n) is 8.01. The van der Waals surface area contributed by atoms with Crippen LogP contribution < -0.4 is 0 Å². The van der Waals surface area contributed by atoms with Crippen molar-refractivity contribution in [2.75, 3.05) is 0 Å². The lowest BCUT2D eigenvalue weighted by Gasteiger charge is -2.09. The Morgan fingerprint density at radius 1 is 1.27 bits per heavy atom. The fourth-order valence-electron chi connectivity index (χ4n) is 1.11. The van der Waals surface area contributed by atoms with Crippen LogP contribution in [-0.2, 0) is 11.0 Å². The van der Waals surface area contributed by atoms with E-state index < -0.39 is 11.7 Å². The molecule has 0 saturated carbocycles. The second-order valence-corrected chi connectivity index (χ2v) is 3.03. The SMILES string of the molecule is CC(=O)/C=C/c1ccccc1C(F)(F)F. The number of carbonyl (C=O) groups is 1. The summed E-state index contributed by atoms with van der Waals surface area (Å²) in [6.45, 7) is 1.28. The smallest absolute Gasteiger partial charge is 0.295 e. The van der Waals surface area contributed by atoms with Gasteiger partial charge < -0.3 is 0 Å². The van der Waals surface area contributed by atoms with E-state index in [1.807, 2.05) is 0 Å². The number of halogens is 3. The molecule has 0 spiro atoms. The molecule has 1 rings (SSSR count). The lowest BCUT2D eigenvalue weighted by Crippen LogP contribution is -2.06. The topological polar surface area (TPSA) is 17.1 Å². The van der Waals surface area contributed by atoms with Gasteiger partial charge in [-0.05, 0) is 24.6 Å². The molecular formula is C11H9F3O. The number of ketones is 1. The number of rotatable bonds is 2. The maximum atomic E-state index is 12.5. The van der Waals surface area contributed by atoms with Gasteiger partial charge in [0.25, 0.3) is 0 Å². The van der Waals surface area contributed by atoms with Crippen LogP contribution >= 0.6 is 0 Å². The van der Waals surface area contributed by atoms with Crippen molar-refractivity contribution in [1.29, 1.82) is 0 Å². The Balaban J connectivity index is 3.13. The zero-order valence-corrected chi connectivity index (χ0v) is 8.01. The van der Waals surface area contributed by atoms with E-state index in [0.29, 0.717) is 0 Å². The predicted molar refractivity (Wildman–Crippen MR) is 51.2 cm³/mol. The van der Waals surface area contributed by atoms with Crippen molar-refractivity contribution in [2.45, 2.75) is 13.1 Å². The van der Waals surface area contributed by atoms with Crippen molar-refractivity contribution < 1.29 is 18.0 Å². The molecule has 0 atom stereocenters. The molecule has 0 aromatic heterocycles. The fraction of sp³-hybridized carbons (Fsp3) is 0.182. The van der Waals surface area contributed by atoms with E-state index in [2.05, 4.69) is 0 Å². The molecule has 0 aliphatic carbocycles. The molecule has 0 fully saturated rings. The lowest BCUT2D eigenvalue weighted by atomic mass is 10.1. The Morgan fingerprint density at radius 3 is 2.40 bits per heavy atom. The summed E-state index contributed by atoms with van der Waals surface area (Å²) in [4.78, 5) is 10.6. The molecule has 0 N–H and O–H groups in total. The average Bonchev–Trinajstić information content (AvgIpc) is 2.13. The van der Waals surface area contributed by atoms with Crippen molar-refractivity contribution in [1.82, 2.24) is 0 Å². The zero-order chi connectivity index (χ0) is 11.5. The molecule has 0 amide bonds. The van der Waals surface area contributed by atoms with Crippen molar-refractivity contribution in [3.8, 4) is 0 Å². The Morgan fingerprint density at radius 2 is 1.87 bits per heavy atom. The van der Waals surface area contributed by atoms with Crippen LogP contribution in [0, 0.1) is 0 Å². The van der Waals surface area contributed by atoms with Gasteiger partial charge in [-0.2, -0.15) is 13.2 Å². The number of benzene rings is 1. The highest BCUT2D eigenvalue weighted by molar-refractivity contribution is 5.91. The van der Waals surface area contributed by atoms with Crippen LogP contribution in [0.15, 0.2) is 30.3 Å². The monoisotopic (exact) mass is 214 g/mol. The van der Waals surface area contributed by atoms with Crippen molar-refractivity contribution in [3.63, 3.8) is 0 Å². The van der Waals surface area contributed by atoms with E-state index in [-0.39, 0.29) is 11.3 Å². The van der Waals surface area contributed by atoms with Gasteiger partial charge in [0.05, 0.1) is 5.56 Å². The first-order valence-corrected chi connectivity index (χ1v) is 4.26. The normalized spacial score (nSPS) is 12.0. The molecule has 4 heteroatoms. The Hall–Kier alpha value is -1.58. The number of alkyl halides is 3. The molecule has 0 aliphatic rings. The van der Waals surface area contributed by atoms with Gasteiger partial charge in [0.15, 0.2) is 5.78 Å². The summed E-state index contributed by atoms with van der Waals surface area (Å²) in [6, 6.07) is 5.12. The van der Waals surface area contributed by atoms with Crippen LogP contribution in [0.5, 0.6) is 0 Å². The highest BCUT2D eigenvalue weighted by Gasteiger charge is 2.32. The van der Waals surface area contributed by atoms with Gasteiger partial charge in [0, 0.05) is 0 Å². The Bertz CT molecular complexity index is 391. The van der Waals surface area contributed by atoms with Crippen LogP contribution in [0.2, 0.25) is 0 Å². The van der Waals surface area contributed by atoms with E-state index in [9.17, 15) is 18.0 Å². The van der Waals surface area contributed by atoms with E-state index in [0.717, 1.165) is 12.1 Å². The lowest BCUT2D eigenvalue weighted by molar-refractivity contribution is -0.137. The Labute approximate surface area is 85.2 Å². The molecule has 0 bridgehead atoms. The first-order chi connectivity index (χ1) is 6.91. The van der Waals surface area contributed by atoms with Crippen LogP contribution in [0.1, 0.15) is 18.1 Å². The second-order valence-electron chi connectivity index (χ2n) is 3.03. The minimum atomic E-state index is -4.39. The van der Waals surface area contributed by atoms with Crippen molar-refractivity contribution in [2.24, 2.45) is 0 Å². The van der Waals surface area contributed by atoms with Crippen LogP contribution in [0.25, 0.3) is 6.08 Å². The summed E-state index contributed by atoms with van der Waals surface area (Å²) in [6.07, 6.45) is -2.10. The van der Waals surface area contributed by atoms with Crippen LogP contribution in [-0.4, -0.2) is 5.78 Å². The minimum Gasteiger partial charge on any atom is -0.295 e. The number of allylic oxidation sites excluding steroid dienone is 1. The predicted octanol–water partition coefficient (Wildman–Crippen LogP) is 3.31. The molecule has 0 radical (unpaired) electrons. The van der Waals surface area contributed by atoms with Gasteiger partial charge in [-0.15, -0.1) is 0 Å². The van der Waals surface area contributed by atoms with Crippen molar-refractivity contribution in [3.05, 3.63) is 41.5 Å². The largest absolute Gasteiger partial charge is 0.416 e.